The summed E-state index contributed by atoms with van der Waals surface area (Å²) in [6, 6.07) is 6.07. The van der Waals surface area contributed by atoms with Gasteiger partial charge in [0.1, 0.15) is 5.82 Å². The van der Waals surface area contributed by atoms with E-state index in [0.717, 1.165) is 87.1 Å². The minimum absolute atomic E-state index is 0.184. The highest BCUT2D eigenvalue weighted by Crippen LogP contribution is 2.56. The molecule has 2 unspecified atom stereocenters. The Morgan fingerprint density at radius 2 is 1.67 bits per heavy atom. The largest absolute Gasteiger partial charge is 0.416 e. The Morgan fingerprint density at radius 1 is 0.976 bits per heavy atom. The Labute approximate surface area is 255 Å². The zero-order valence-electron chi connectivity index (χ0n) is 26.0. The lowest BCUT2D eigenvalue weighted by Crippen LogP contribution is -2.35. The number of hydrogen-bond acceptors (Lipinski definition) is 6. The van der Waals surface area contributed by atoms with E-state index in [4.69, 9.17) is 4.18 Å². The molecule has 2 saturated heterocycles. The van der Waals surface area contributed by atoms with Gasteiger partial charge < -0.3 is 18.6 Å². The van der Waals surface area contributed by atoms with Gasteiger partial charge >= 0.3 is 6.18 Å². The van der Waals surface area contributed by atoms with Crippen molar-refractivity contribution >= 4 is 27.8 Å². The van der Waals surface area contributed by atoms with Crippen molar-refractivity contribution in [2.24, 2.45) is 13.0 Å². The Balaban J connectivity index is 1.05. The third-order valence-corrected chi connectivity index (χ3v) is 14.6. The Morgan fingerprint density at radius 3 is 2.31 bits per heavy atom. The first-order valence-electron chi connectivity index (χ1n) is 15.3. The Kier molecular flexibility index (Phi) is 9.53. The fourth-order valence-electron chi connectivity index (χ4n) is 6.55. The maximum atomic E-state index is 13.0. The molecule has 0 N–H and O–H groups in total. The zero-order chi connectivity index (χ0) is 30.3. The molecule has 1 aliphatic carbocycles. The first kappa shape index (κ1) is 32.0. The molecular weight excluding hydrogens is 580 g/mol. The predicted octanol–water partition coefficient (Wildman–Crippen LogP) is 7.35. The number of alkyl halides is 3. The second-order valence-electron chi connectivity index (χ2n) is 13.6. The minimum Gasteiger partial charge on any atom is -0.367 e. The van der Waals surface area contributed by atoms with E-state index in [-0.39, 0.29) is 4.75 Å². The SMILES string of the molecule is Cn1c(SCCCN2CC3CCN(c4ccc(C(F)(F)F)cc4)C3C2)nnc1C1CCC(OS(C)(C)C(C)(C)C)CC1. The summed E-state index contributed by atoms with van der Waals surface area (Å²) in [6.07, 6.45) is 7.17. The highest BCUT2D eigenvalue weighted by Gasteiger charge is 2.41. The monoisotopic (exact) mass is 627 g/mol. The summed E-state index contributed by atoms with van der Waals surface area (Å²) in [4.78, 5) is 4.84. The van der Waals surface area contributed by atoms with Gasteiger partial charge in [0.2, 0.25) is 0 Å². The molecule has 1 aromatic carbocycles. The molecule has 236 valence electrons. The first-order chi connectivity index (χ1) is 19.7. The van der Waals surface area contributed by atoms with E-state index in [2.05, 4.69) is 64.9 Å². The molecule has 1 aromatic heterocycles. The number of halogens is 3. The van der Waals surface area contributed by atoms with Crippen LogP contribution in [0.3, 0.4) is 0 Å². The summed E-state index contributed by atoms with van der Waals surface area (Å²) in [5, 5.41) is 10.1. The molecule has 3 heterocycles. The number of anilines is 1. The van der Waals surface area contributed by atoms with Crippen molar-refractivity contribution in [1.29, 1.82) is 0 Å². The number of fused-ring (bicyclic) bond motifs is 1. The highest BCUT2D eigenvalue weighted by atomic mass is 32.3. The van der Waals surface area contributed by atoms with Gasteiger partial charge in [-0.3, -0.25) is 0 Å². The van der Waals surface area contributed by atoms with Crippen LogP contribution in [0.25, 0.3) is 0 Å². The molecular formula is C31H48F3N5OS2. The van der Waals surface area contributed by atoms with Gasteiger partial charge in [-0.15, -0.1) is 20.5 Å². The number of rotatable bonds is 9. The predicted molar refractivity (Wildman–Crippen MR) is 169 cm³/mol. The standard InChI is InChI=1S/C31H48F3N5OS2/c1-30(2,3)42(5,6)40-26-14-8-22(9-15-26)28-35-36-29(37(28)4)41-19-7-17-38-20-23-16-18-39(27(23)21-38)25-12-10-24(11-13-25)31(32,33)34/h10-13,22-23,26-27H,7-9,14-21H2,1-6H3. The topological polar surface area (TPSA) is 46.4 Å². The molecule has 2 aromatic rings. The van der Waals surface area contributed by atoms with E-state index in [9.17, 15) is 13.2 Å². The summed E-state index contributed by atoms with van der Waals surface area (Å²) in [5.74, 6) is 3.13. The van der Waals surface area contributed by atoms with Crippen LogP contribution < -0.4 is 4.90 Å². The maximum Gasteiger partial charge on any atom is 0.416 e. The number of benzene rings is 1. The molecule has 2 atom stereocenters. The molecule has 11 heteroatoms. The molecule has 0 bridgehead atoms. The summed E-state index contributed by atoms with van der Waals surface area (Å²) in [6.45, 7) is 10.8. The molecule has 0 amide bonds. The van der Waals surface area contributed by atoms with E-state index in [1.807, 2.05) is 0 Å². The number of thioether (sulfide) groups is 1. The molecule has 0 spiro atoms. The molecule has 3 fully saturated rings. The lowest BCUT2D eigenvalue weighted by atomic mass is 9.87. The molecule has 3 aliphatic rings. The summed E-state index contributed by atoms with van der Waals surface area (Å²) >= 11 is 1.79. The third-order valence-electron chi connectivity index (χ3n) is 9.76. The van der Waals surface area contributed by atoms with Crippen molar-refractivity contribution in [2.75, 3.05) is 49.3 Å². The normalized spacial score (nSPS) is 26.2. The molecule has 6 nitrogen and oxygen atoms in total. The van der Waals surface area contributed by atoms with Crippen LogP contribution in [0, 0.1) is 5.92 Å². The van der Waals surface area contributed by atoms with Crippen molar-refractivity contribution in [3.05, 3.63) is 35.7 Å². The van der Waals surface area contributed by atoms with Crippen molar-refractivity contribution in [3.63, 3.8) is 0 Å². The van der Waals surface area contributed by atoms with E-state index in [1.54, 1.807) is 23.9 Å². The van der Waals surface area contributed by atoms with Gasteiger partial charge in [-0.1, -0.05) is 32.5 Å². The van der Waals surface area contributed by atoms with Crippen LogP contribution >= 0.6 is 22.1 Å². The van der Waals surface area contributed by atoms with Gasteiger partial charge in [-0.25, -0.2) is 0 Å². The summed E-state index contributed by atoms with van der Waals surface area (Å²) < 4.78 is 48.0. The fourth-order valence-corrected chi connectivity index (χ4v) is 8.56. The van der Waals surface area contributed by atoms with Crippen molar-refractivity contribution in [3.8, 4) is 0 Å². The second kappa shape index (κ2) is 12.5. The van der Waals surface area contributed by atoms with E-state index in [1.165, 1.54) is 12.1 Å². The summed E-state index contributed by atoms with van der Waals surface area (Å²) in [7, 11) is 0.997. The van der Waals surface area contributed by atoms with Crippen molar-refractivity contribution < 1.29 is 17.4 Å². The molecule has 42 heavy (non-hydrogen) atoms. The molecule has 1 saturated carbocycles. The van der Waals surface area contributed by atoms with Gasteiger partial charge in [0.15, 0.2) is 5.16 Å². The van der Waals surface area contributed by atoms with Crippen LogP contribution in [0.15, 0.2) is 29.4 Å². The first-order valence-corrected chi connectivity index (χ1v) is 18.7. The Bertz CT molecular complexity index is 1190. The number of nitrogens with zero attached hydrogens (tertiary/aromatic N) is 5. The minimum atomic E-state index is -4.29. The lowest BCUT2D eigenvalue weighted by molar-refractivity contribution is -0.137. The maximum absolute atomic E-state index is 13.0. The average Bonchev–Trinajstić information content (AvgIpc) is 3.60. The van der Waals surface area contributed by atoms with Gasteiger partial charge in [-0.05, 0) is 87.8 Å². The van der Waals surface area contributed by atoms with Crippen LogP contribution in [-0.2, 0) is 17.4 Å². The van der Waals surface area contributed by atoms with Crippen molar-refractivity contribution in [2.45, 2.75) is 93.4 Å². The third kappa shape index (κ3) is 7.10. The lowest BCUT2D eigenvalue weighted by Gasteiger charge is -2.47. The second-order valence-corrected chi connectivity index (χ2v) is 18.6. The number of likely N-dealkylation sites (tertiary alicyclic amines) is 1. The van der Waals surface area contributed by atoms with Crippen LogP contribution in [-0.4, -0.2) is 81.0 Å². The van der Waals surface area contributed by atoms with Gasteiger partial charge in [0, 0.05) is 54.8 Å². The quantitative estimate of drug-likeness (QED) is 0.214. The average molecular weight is 628 g/mol. The van der Waals surface area contributed by atoms with Crippen LogP contribution in [0.4, 0.5) is 18.9 Å². The zero-order valence-corrected chi connectivity index (χ0v) is 27.6. The van der Waals surface area contributed by atoms with E-state index in [0.29, 0.717) is 24.0 Å². The van der Waals surface area contributed by atoms with Crippen LogP contribution in [0.2, 0.25) is 0 Å². The highest BCUT2D eigenvalue weighted by molar-refractivity contribution is 8.29. The van der Waals surface area contributed by atoms with Gasteiger partial charge in [-0.2, -0.15) is 13.2 Å². The Hall–Kier alpha value is -1.43. The van der Waals surface area contributed by atoms with Gasteiger partial charge in [0.25, 0.3) is 0 Å². The molecule has 0 radical (unpaired) electrons. The van der Waals surface area contributed by atoms with Crippen LogP contribution in [0.5, 0.6) is 0 Å². The van der Waals surface area contributed by atoms with E-state index >= 15 is 0 Å². The van der Waals surface area contributed by atoms with Crippen molar-refractivity contribution in [1.82, 2.24) is 19.7 Å². The number of hydrogen-bond donors (Lipinski definition) is 0. The summed E-state index contributed by atoms with van der Waals surface area (Å²) in [5.41, 5.74) is 0.322. The molecule has 2 aliphatic heterocycles. The van der Waals surface area contributed by atoms with Gasteiger partial charge in [0.05, 0.1) is 11.7 Å². The molecule has 5 rings (SSSR count). The fraction of sp³-hybridized carbons (Fsp3) is 0.742. The van der Waals surface area contributed by atoms with E-state index < -0.39 is 22.0 Å². The number of aromatic nitrogens is 3. The smallest absolute Gasteiger partial charge is 0.367 e. The van der Waals surface area contributed by atoms with Crippen LogP contribution in [0.1, 0.15) is 76.6 Å².